The number of carboxylic acid groups (broad SMARTS) is 2. The molecule has 152 valence electrons. The Bertz CT molecular complexity index is 759. The Morgan fingerprint density at radius 2 is 1.55 bits per heavy atom. The standard InChI is InChI=1S/C11H18N2O3.C8H6O4.Na/c1-4-6-7(3)11(5-2)8(14)12-10(16)13-9(11)15;9-7(10)5-1-2-6(4-3-5)8(11)12;/h7H,4-6H2,1-3H3,(H2,12,13,14,15,16);1-4H,(H,9,10)(H,11,12);/q;;+1/p-1. The van der Waals surface area contributed by atoms with E-state index < -0.39 is 35.2 Å². The SMILES string of the molecule is CCCC(C)C1(CC)C(=O)N=C([O-])NC1=O.O=C(O)c1ccc(C(=O)O)cc1.[Na+]. The van der Waals surface area contributed by atoms with Gasteiger partial charge in [-0.05, 0) is 43.0 Å². The van der Waals surface area contributed by atoms with Crippen LogP contribution in [-0.4, -0.2) is 40.0 Å². The zero-order valence-corrected chi connectivity index (χ0v) is 18.9. The fourth-order valence-electron chi connectivity index (χ4n) is 3.06. The number of amidine groups is 1. The van der Waals surface area contributed by atoms with Crippen LogP contribution in [-0.2, 0) is 9.59 Å². The predicted molar refractivity (Wildman–Crippen MR) is 97.7 cm³/mol. The molecular formula is C19H23N2NaO7. The minimum absolute atomic E-state index is 0. The molecule has 1 aliphatic rings. The average molecular weight is 414 g/mol. The molecule has 10 heteroatoms. The van der Waals surface area contributed by atoms with E-state index in [0.717, 1.165) is 12.8 Å². The van der Waals surface area contributed by atoms with E-state index in [9.17, 15) is 24.3 Å². The first-order chi connectivity index (χ1) is 13.1. The van der Waals surface area contributed by atoms with Crippen LogP contribution in [0.25, 0.3) is 0 Å². The zero-order valence-electron chi connectivity index (χ0n) is 16.9. The van der Waals surface area contributed by atoms with Crippen LogP contribution in [0.5, 0.6) is 0 Å². The third-order valence-electron chi connectivity index (χ3n) is 4.71. The molecular weight excluding hydrogens is 391 g/mol. The third-order valence-corrected chi connectivity index (χ3v) is 4.71. The van der Waals surface area contributed by atoms with E-state index in [1.54, 1.807) is 6.92 Å². The summed E-state index contributed by atoms with van der Waals surface area (Å²) in [6.07, 6.45) is 2.02. The molecule has 0 radical (unpaired) electrons. The van der Waals surface area contributed by atoms with Crippen molar-refractivity contribution >= 4 is 29.8 Å². The second kappa shape index (κ2) is 11.7. The average Bonchev–Trinajstić information content (AvgIpc) is 2.62. The van der Waals surface area contributed by atoms with Gasteiger partial charge >= 0.3 is 41.5 Å². The van der Waals surface area contributed by atoms with Gasteiger partial charge < -0.3 is 20.6 Å². The Balaban J connectivity index is 0.000000542. The van der Waals surface area contributed by atoms with Crippen LogP contribution in [0.4, 0.5) is 0 Å². The summed E-state index contributed by atoms with van der Waals surface area (Å²) in [6, 6.07) is 4.18. The van der Waals surface area contributed by atoms with Gasteiger partial charge in [0.2, 0.25) is 5.91 Å². The van der Waals surface area contributed by atoms with E-state index in [-0.39, 0.29) is 46.6 Å². The maximum atomic E-state index is 11.9. The molecule has 3 N–H and O–H groups in total. The van der Waals surface area contributed by atoms with E-state index >= 15 is 0 Å². The quantitative estimate of drug-likeness (QED) is 0.369. The fourth-order valence-corrected chi connectivity index (χ4v) is 3.06. The number of amides is 2. The summed E-state index contributed by atoms with van der Waals surface area (Å²) >= 11 is 0. The molecule has 1 aliphatic heterocycles. The number of carbonyl (C=O) groups is 4. The third kappa shape index (κ3) is 6.38. The molecule has 0 fully saturated rings. The monoisotopic (exact) mass is 414 g/mol. The molecule has 0 spiro atoms. The van der Waals surface area contributed by atoms with Crippen LogP contribution < -0.4 is 40.0 Å². The topological polar surface area (TPSA) is 156 Å². The summed E-state index contributed by atoms with van der Waals surface area (Å²) < 4.78 is 0. The molecule has 9 nitrogen and oxygen atoms in total. The van der Waals surface area contributed by atoms with Crippen molar-refractivity contribution in [2.75, 3.05) is 0 Å². The van der Waals surface area contributed by atoms with Crippen LogP contribution in [0.3, 0.4) is 0 Å². The van der Waals surface area contributed by atoms with Gasteiger partial charge in [-0.1, -0.05) is 27.2 Å². The van der Waals surface area contributed by atoms with Crippen LogP contribution in [0.1, 0.15) is 60.7 Å². The first-order valence-electron chi connectivity index (χ1n) is 8.78. The normalized spacial score (nSPS) is 18.9. The van der Waals surface area contributed by atoms with E-state index in [0.29, 0.717) is 6.42 Å². The van der Waals surface area contributed by atoms with Crippen molar-refractivity contribution in [3.63, 3.8) is 0 Å². The Kier molecular flexibility index (Phi) is 10.8. The molecule has 29 heavy (non-hydrogen) atoms. The number of aliphatic imine (C=N–C) groups is 1. The van der Waals surface area contributed by atoms with Gasteiger partial charge in [-0.3, -0.25) is 9.59 Å². The van der Waals surface area contributed by atoms with Crippen molar-refractivity contribution in [3.05, 3.63) is 35.4 Å². The van der Waals surface area contributed by atoms with E-state index in [2.05, 4.69) is 10.3 Å². The van der Waals surface area contributed by atoms with Gasteiger partial charge in [0.1, 0.15) is 5.41 Å². The molecule has 0 aliphatic carbocycles. The predicted octanol–water partition coefficient (Wildman–Crippen LogP) is -1.72. The molecule has 2 atom stereocenters. The number of aromatic carboxylic acids is 2. The number of hydrogen-bond donors (Lipinski definition) is 3. The molecule has 1 aromatic carbocycles. The van der Waals surface area contributed by atoms with Crippen LogP contribution in [0.2, 0.25) is 0 Å². The maximum absolute atomic E-state index is 11.9. The van der Waals surface area contributed by atoms with Gasteiger partial charge in [0.25, 0.3) is 5.91 Å². The Morgan fingerprint density at radius 3 is 1.86 bits per heavy atom. The fraction of sp³-hybridized carbons (Fsp3) is 0.421. The largest absolute Gasteiger partial charge is 1.00 e. The second-order valence-electron chi connectivity index (χ2n) is 6.38. The van der Waals surface area contributed by atoms with Crippen molar-refractivity contribution < 1.29 is 64.1 Å². The van der Waals surface area contributed by atoms with Crippen LogP contribution >= 0.6 is 0 Å². The Morgan fingerprint density at radius 1 is 1.10 bits per heavy atom. The number of hydrogen-bond acceptors (Lipinski definition) is 5. The van der Waals surface area contributed by atoms with Gasteiger partial charge in [0, 0.05) is 0 Å². The Labute approximate surface area is 190 Å². The first-order valence-corrected chi connectivity index (χ1v) is 8.78. The van der Waals surface area contributed by atoms with E-state index in [1.165, 1.54) is 24.3 Å². The Hall–Kier alpha value is -2.23. The molecule has 0 saturated carbocycles. The van der Waals surface area contributed by atoms with Crippen LogP contribution in [0.15, 0.2) is 29.3 Å². The summed E-state index contributed by atoms with van der Waals surface area (Å²) in [5.74, 6) is -3.32. The van der Waals surface area contributed by atoms with Gasteiger partial charge in [-0.15, -0.1) is 0 Å². The molecule has 2 unspecified atom stereocenters. The summed E-state index contributed by atoms with van der Waals surface area (Å²) in [5.41, 5.74) is -0.982. The van der Waals surface area contributed by atoms with Crippen molar-refractivity contribution in [3.8, 4) is 0 Å². The van der Waals surface area contributed by atoms with Gasteiger partial charge in [0.05, 0.1) is 17.1 Å². The minimum atomic E-state index is -1.15. The summed E-state index contributed by atoms with van der Waals surface area (Å²) in [5, 5.41) is 30.0. The van der Waals surface area contributed by atoms with Crippen molar-refractivity contribution in [1.29, 1.82) is 0 Å². The van der Waals surface area contributed by atoms with Gasteiger partial charge in [-0.25, -0.2) is 14.6 Å². The first kappa shape index (κ1) is 26.8. The van der Waals surface area contributed by atoms with Crippen molar-refractivity contribution in [2.45, 2.75) is 40.0 Å². The number of benzene rings is 1. The number of carboxylic acids is 2. The van der Waals surface area contributed by atoms with Crippen LogP contribution in [0, 0.1) is 11.3 Å². The zero-order chi connectivity index (χ0) is 21.5. The van der Waals surface area contributed by atoms with E-state index in [1.807, 2.05) is 13.8 Å². The molecule has 0 saturated heterocycles. The number of carbonyl (C=O) groups excluding carboxylic acids is 2. The molecule has 2 amide bonds. The van der Waals surface area contributed by atoms with Gasteiger partial charge in [-0.2, -0.15) is 0 Å². The number of rotatable bonds is 6. The molecule has 1 aromatic rings. The van der Waals surface area contributed by atoms with E-state index in [4.69, 9.17) is 10.2 Å². The smallest absolute Gasteiger partial charge is 0.846 e. The number of nitrogens with zero attached hydrogens (tertiary/aromatic N) is 1. The summed E-state index contributed by atoms with van der Waals surface area (Å²) in [7, 11) is 0. The van der Waals surface area contributed by atoms with Gasteiger partial charge in [0.15, 0.2) is 0 Å². The summed E-state index contributed by atoms with van der Waals surface area (Å²) in [6.45, 7) is 5.62. The molecule has 0 bridgehead atoms. The second-order valence-corrected chi connectivity index (χ2v) is 6.38. The van der Waals surface area contributed by atoms with Crippen molar-refractivity contribution in [2.24, 2.45) is 16.3 Å². The van der Waals surface area contributed by atoms with Crippen molar-refractivity contribution in [1.82, 2.24) is 5.32 Å². The molecule has 0 aromatic heterocycles. The number of nitrogens with one attached hydrogen (secondary N) is 1. The minimum Gasteiger partial charge on any atom is -0.846 e. The molecule has 1 heterocycles. The molecule has 2 rings (SSSR count). The maximum Gasteiger partial charge on any atom is 1.00 e. The summed E-state index contributed by atoms with van der Waals surface area (Å²) in [4.78, 5) is 47.7.